The van der Waals surface area contributed by atoms with E-state index in [1.54, 1.807) is 0 Å². The normalized spacial score (nSPS) is 13.5. The van der Waals surface area contributed by atoms with E-state index in [0.29, 0.717) is 0 Å². The Morgan fingerprint density at radius 3 is 2.27 bits per heavy atom. The van der Waals surface area contributed by atoms with Gasteiger partial charge >= 0.3 is 0 Å². The van der Waals surface area contributed by atoms with Crippen LogP contribution >= 0.6 is 0 Å². The Bertz CT molecular complexity index is 353. The zero-order chi connectivity index (χ0) is 11.3. The van der Waals surface area contributed by atoms with Gasteiger partial charge in [0.15, 0.2) is 0 Å². The fourth-order valence-corrected chi connectivity index (χ4v) is 1.14. The molecule has 0 saturated carbocycles. The molecule has 0 atom stereocenters. The summed E-state index contributed by atoms with van der Waals surface area (Å²) in [6.07, 6.45) is 4.07. The average Bonchev–Trinajstić information content (AvgIpc) is 2.15. The molecule has 1 heteroatoms. The number of hydrogen-bond donors (Lipinski definition) is 0. The minimum atomic E-state index is 0.00574. The first kappa shape index (κ1) is 11.7. The highest BCUT2D eigenvalue weighted by Gasteiger charge is 2.04. The van der Waals surface area contributed by atoms with Crippen molar-refractivity contribution < 1.29 is 0 Å². The Balaban J connectivity index is 2.74. The second kappa shape index (κ2) is 4.92. The fraction of sp³-hybridized carbons (Fsp3) is 0.357. The van der Waals surface area contributed by atoms with Crippen LogP contribution in [0.25, 0.3) is 6.08 Å². The third-order valence-electron chi connectivity index (χ3n) is 1.85. The Morgan fingerprint density at radius 2 is 1.73 bits per heavy atom. The average molecular weight is 201 g/mol. The van der Waals surface area contributed by atoms with E-state index in [2.05, 4.69) is 50.9 Å². The highest BCUT2D eigenvalue weighted by Crippen LogP contribution is 2.08. The number of rotatable bonds is 2. The zero-order valence-electron chi connectivity index (χ0n) is 9.99. The van der Waals surface area contributed by atoms with Gasteiger partial charge in [0.1, 0.15) is 0 Å². The van der Waals surface area contributed by atoms with Crippen molar-refractivity contribution in [3.8, 4) is 0 Å². The monoisotopic (exact) mass is 201 g/mol. The third-order valence-corrected chi connectivity index (χ3v) is 1.85. The van der Waals surface area contributed by atoms with E-state index in [-0.39, 0.29) is 5.54 Å². The van der Waals surface area contributed by atoms with Crippen LogP contribution in [0.1, 0.15) is 33.3 Å². The Kier molecular flexibility index (Phi) is 3.84. The molecule has 1 aromatic rings. The van der Waals surface area contributed by atoms with Gasteiger partial charge in [-0.05, 0) is 38.8 Å². The molecule has 1 rings (SSSR count). The molecule has 0 N–H and O–H groups in total. The molecule has 0 amide bonds. The molecule has 0 aromatic heterocycles. The van der Waals surface area contributed by atoms with Gasteiger partial charge in [0.2, 0.25) is 0 Å². The van der Waals surface area contributed by atoms with Gasteiger partial charge in [-0.25, -0.2) is 0 Å². The lowest BCUT2D eigenvalue weighted by Crippen LogP contribution is -2.09. The van der Waals surface area contributed by atoms with Crippen molar-refractivity contribution in [2.75, 3.05) is 0 Å². The summed E-state index contributed by atoms with van der Waals surface area (Å²) < 4.78 is 0. The van der Waals surface area contributed by atoms with Crippen LogP contribution in [-0.2, 0) is 0 Å². The largest absolute Gasteiger partial charge is 0.287 e. The summed E-state index contributed by atoms with van der Waals surface area (Å²) in [4.78, 5) is 4.46. The molecular weight excluding hydrogens is 182 g/mol. The molecule has 1 aromatic carbocycles. The predicted octanol–water partition coefficient (Wildman–Crippen LogP) is 3.96. The number of benzene rings is 1. The van der Waals surface area contributed by atoms with Crippen LogP contribution in [-0.4, -0.2) is 11.8 Å². The molecule has 0 radical (unpaired) electrons. The summed E-state index contributed by atoms with van der Waals surface area (Å²) in [6.45, 7) is 8.36. The van der Waals surface area contributed by atoms with E-state index in [1.807, 2.05) is 24.4 Å². The predicted molar refractivity (Wildman–Crippen MR) is 68.3 cm³/mol. The molecule has 0 fully saturated rings. The molecule has 0 spiro atoms. The minimum absolute atomic E-state index is 0.00574. The lowest BCUT2D eigenvalue weighted by atomic mass is 10.1. The van der Waals surface area contributed by atoms with E-state index in [0.717, 1.165) is 0 Å². The van der Waals surface area contributed by atoms with E-state index in [4.69, 9.17) is 0 Å². The second-order valence-electron chi connectivity index (χ2n) is 4.73. The summed E-state index contributed by atoms with van der Waals surface area (Å²) >= 11 is 0. The molecule has 0 aliphatic carbocycles. The molecule has 0 heterocycles. The quantitative estimate of drug-likeness (QED) is 0.642. The number of hydrogen-bond acceptors (Lipinski definition) is 1. The maximum Gasteiger partial charge on any atom is 0.0524 e. The topological polar surface area (TPSA) is 12.4 Å². The SMILES string of the molecule is C/C(C=NC(C)(C)C)=C\c1ccccc1. The maximum atomic E-state index is 4.46. The first-order valence-electron chi connectivity index (χ1n) is 5.26. The van der Waals surface area contributed by atoms with Gasteiger partial charge < -0.3 is 0 Å². The van der Waals surface area contributed by atoms with Crippen LogP contribution in [0.5, 0.6) is 0 Å². The lowest BCUT2D eigenvalue weighted by Gasteiger charge is -2.10. The van der Waals surface area contributed by atoms with Crippen molar-refractivity contribution >= 4 is 12.3 Å². The summed E-state index contributed by atoms with van der Waals surface area (Å²) in [5.74, 6) is 0. The third kappa shape index (κ3) is 5.16. The van der Waals surface area contributed by atoms with Crippen LogP contribution < -0.4 is 0 Å². The molecule has 0 saturated heterocycles. The summed E-state index contributed by atoms with van der Waals surface area (Å²) in [5, 5.41) is 0. The Labute approximate surface area is 92.6 Å². The van der Waals surface area contributed by atoms with E-state index < -0.39 is 0 Å². The maximum absolute atomic E-state index is 4.46. The molecule has 1 nitrogen and oxygen atoms in total. The number of allylic oxidation sites excluding steroid dienone is 1. The second-order valence-corrected chi connectivity index (χ2v) is 4.73. The van der Waals surface area contributed by atoms with Gasteiger partial charge in [0, 0.05) is 6.21 Å². The van der Waals surface area contributed by atoms with E-state index in [9.17, 15) is 0 Å². The molecule has 15 heavy (non-hydrogen) atoms. The van der Waals surface area contributed by atoms with Crippen molar-refractivity contribution in [1.29, 1.82) is 0 Å². The smallest absolute Gasteiger partial charge is 0.0524 e. The Hall–Kier alpha value is -1.37. The summed E-state index contributed by atoms with van der Waals surface area (Å²) in [7, 11) is 0. The van der Waals surface area contributed by atoms with Gasteiger partial charge in [0.05, 0.1) is 5.54 Å². The highest BCUT2D eigenvalue weighted by atomic mass is 14.8. The van der Waals surface area contributed by atoms with Crippen LogP contribution in [0, 0.1) is 0 Å². The van der Waals surface area contributed by atoms with Crippen LogP contribution in [0.4, 0.5) is 0 Å². The number of aliphatic imine (C=N–C) groups is 1. The highest BCUT2D eigenvalue weighted by molar-refractivity contribution is 5.84. The van der Waals surface area contributed by atoms with E-state index in [1.165, 1.54) is 11.1 Å². The number of nitrogens with zero attached hydrogens (tertiary/aromatic N) is 1. The van der Waals surface area contributed by atoms with Crippen molar-refractivity contribution in [2.24, 2.45) is 4.99 Å². The van der Waals surface area contributed by atoms with E-state index >= 15 is 0 Å². The molecule has 0 unspecified atom stereocenters. The Morgan fingerprint density at radius 1 is 1.13 bits per heavy atom. The van der Waals surface area contributed by atoms with Crippen LogP contribution in [0.15, 0.2) is 40.9 Å². The van der Waals surface area contributed by atoms with Crippen molar-refractivity contribution in [3.05, 3.63) is 41.5 Å². The molecule has 80 valence electrons. The molecule has 0 bridgehead atoms. The first-order chi connectivity index (χ1) is 6.97. The lowest BCUT2D eigenvalue weighted by molar-refractivity contribution is 0.586. The van der Waals surface area contributed by atoms with Gasteiger partial charge in [-0.1, -0.05) is 36.4 Å². The summed E-state index contributed by atoms with van der Waals surface area (Å²) in [6, 6.07) is 10.3. The van der Waals surface area contributed by atoms with Crippen LogP contribution in [0.2, 0.25) is 0 Å². The van der Waals surface area contributed by atoms with Crippen molar-refractivity contribution in [1.82, 2.24) is 0 Å². The standard InChI is InChI=1S/C14H19N/c1-12(11-15-14(2,3)4)10-13-8-6-5-7-9-13/h5-11H,1-4H3/b12-10+,15-11?. The molecule has 0 aliphatic rings. The van der Waals surface area contributed by atoms with Gasteiger partial charge in [-0.2, -0.15) is 0 Å². The summed E-state index contributed by atoms with van der Waals surface area (Å²) in [5.41, 5.74) is 2.40. The van der Waals surface area contributed by atoms with Gasteiger partial charge in [0.25, 0.3) is 0 Å². The zero-order valence-corrected chi connectivity index (χ0v) is 9.99. The van der Waals surface area contributed by atoms with Crippen molar-refractivity contribution in [3.63, 3.8) is 0 Å². The van der Waals surface area contributed by atoms with Crippen LogP contribution in [0.3, 0.4) is 0 Å². The van der Waals surface area contributed by atoms with Gasteiger partial charge in [-0.15, -0.1) is 0 Å². The minimum Gasteiger partial charge on any atom is -0.287 e. The first-order valence-corrected chi connectivity index (χ1v) is 5.26. The van der Waals surface area contributed by atoms with Crippen molar-refractivity contribution in [2.45, 2.75) is 33.2 Å². The molecular formula is C14H19N. The van der Waals surface area contributed by atoms with Gasteiger partial charge in [-0.3, -0.25) is 4.99 Å². The molecule has 0 aliphatic heterocycles. The fourth-order valence-electron chi connectivity index (χ4n) is 1.14.